The lowest BCUT2D eigenvalue weighted by Crippen LogP contribution is -2.38. The molecule has 9 heteroatoms. The fourth-order valence-electron chi connectivity index (χ4n) is 2.29. The van der Waals surface area contributed by atoms with Crippen molar-refractivity contribution in [2.45, 2.75) is 23.8 Å². The molecule has 0 radical (unpaired) electrons. The molecule has 0 saturated carbocycles. The Morgan fingerprint density at radius 1 is 1.52 bits per heavy atom. The topological polar surface area (TPSA) is 92.6 Å². The first kappa shape index (κ1) is 16.2. The summed E-state index contributed by atoms with van der Waals surface area (Å²) in [5.74, 6) is 0. The lowest BCUT2D eigenvalue weighted by Gasteiger charge is -2.21. The van der Waals surface area contributed by atoms with Gasteiger partial charge in [0.2, 0.25) is 10.0 Å². The Balaban J connectivity index is 2.29. The second kappa shape index (κ2) is 6.27. The number of sulfonamides is 1. The highest BCUT2D eigenvalue weighted by atomic mass is 35.5. The molecule has 0 aliphatic carbocycles. The molecule has 1 aromatic carbocycles. The van der Waals surface area contributed by atoms with Crippen LogP contribution in [0.15, 0.2) is 23.1 Å². The first-order valence-corrected chi connectivity index (χ1v) is 8.28. The Labute approximate surface area is 128 Å². The van der Waals surface area contributed by atoms with Crippen LogP contribution in [0.2, 0.25) is 5.02 Å². The average molecular weight is 334 g/mol. The van der Waals surface area contributed by atoms with Gasteiger partial charge in [-0.05, 0) is 25.5 Å². The van der Waals surface area contributed by atoms with Crippen molar-refractivity contribution in [1.82, 2.24) is 9.62 Å². The van der Waals surface area contributed by atoms with Crippen molar-refractivity contribution in [3.63, 3.8) is 0 Å². The van der Waals surface area contributed by atoms with Crippen LogP contribution in [0, 0.1) is 10.1 Å². The van der Waals surface area contributed by atoms with Crippen LogP contribution >= 0.6 is 11.6 Å². The van der Waals surface area contributed by atoms with E-state index in [1.54, 1.807) is 0 Å². The first-order chi connectivity index (χ1) is 9.82. The molecule has 0 amide bonds. The van der Waals surface area contributed by atoms with Gasteiger partial charge in [-0.2, -0.15) is 4.31 Å². The minimum atomic E-state index is -3.86. The number of nitrogens with one attached hydrogen (secondary N) is 1. The molecule has 7 nitrogen and oxygen atoms in total. The van der Waals surface area contributed by atoms with Gasteiger partial charge in [0.15, 0.2) is 0 Å². The van der Waals surface area contributed by atoms with Crippen LogP contribution in [0.3, 0.4) is 0 Å². The molecule has 1 atom stereocenters. The fraction of sp³-hybridized carbons (Fsp3) is 0.500. The third kappa shape index (κ3) is 3.52. The van der Waals surface area contributed by atoms with Crippen molar-refractivity contribution in [2.75, 3.05) is 20.1 Å². The van der Waals surface area contributed by atoms with Crippen LogP contribution in [-0.2, 0) is 10.0 Å². The van der Waals surface area contributed by atoms with E-state index in [1.165, 1.54) is 23.5 Å². The molecule has 1 unspecified atom stereocenters. The van der Waals surface area contributed by atoms with E-state index in [1.807, 2.05) is 0 Å². The number of hydrogen-bond acceptors (Lipinski definition) is 5. The third-order valence-electron chi connectivity index (χ3n) is 3.45. The molecule has 1 aliphatic rings. The van der Waals surface area contributed by atoms with E-state index >= 15 is 0 Å². The fourth-order valence-corrected chi connectivity index (χ4v) is 4.00. The smallest absolute Gasteiger partial charge is 0.270 e. The molecular formula is C12H16ClN3O4S. The summed E-state index contributed by atoms with van der Waals surface area (Å²) in [5, 5.41) is 14.0. The van der Waals surface area contributed by atoms with Gasteiger partial charge < -0.3 is 5.32 Å². The van der Waals surface area contributed by atoms with Crippen molar-refractivity contribution >= 4 is 27.3 Å². The lowest BCUT2D eigenvalue weighted by atomic mass is 10.2. The van der Waals surface area contributed by atoms with E-state index in [0.29, 0.717) is 6.54 Å². The molecule has 2 rings (SSSR count). The average Bonchev–Trinajstić information content (AvgIpc) is 2.91. The largest absolute Gasteiger partial charge is 0.313 e. The Morgan fingerprint density at radius 2 is 2.24 bits per heavy atom. The monoisotopic (exact) mass is 333 g/mol. The van der Waals surface area contributed by atoms with Gasteiger partial charge in [-0.15, -0.1) is 0 Å². The molecule has 0 spiro atoms. The number of non-ortho nitro benzene ring substituents is 1. The molecule has 21 heavy (non-hydrogen) atoms. The number of nitrogens with zero attached hydrogens (tertiary/aromatic N) is 2. The predicted octanol–water partition coefficient (Wildman–Crippen LogP) is 1.62. The van der Waals surface area contributed by atoms with Gasteiger partial charge in [0.05, 0.1) is 9.95 Å². The van der Waals surface area contributed by atoms with Gasteiger partial charge in [0.25, 0.3) is 5.69 Å². The number of benzene rings is 1. The number of hydrogen-bond donors (Lipinski definition) is 1. The Bertz CT molecular complexity index is 644. The SMILES string of the molecule is CN(CC1CCCN1)S(=O)(=O)c1cc([N+](=O)[O-])ccc1Cl. The van der Waals surface area contributed by atoms with Gasteiger partial charge in [0, 0.05) is 31.8 Å². The third-order valence-corrected chi connectivity index (χ3v) is 5.76. The van der Waals surface area contributed by atoms with Gasteiger partial charge in [-0.25, -0.2) is 8.42 Å². The maximum atomic E-state index is 12.5. The van der Waals surface area contributed by atoms with Crippen LogP contribution in [0.5, 0.6) is 0 Å². The summed E-state index contributed by atoms with van der Waals surface area (Å²) in [4.78, 5) is 9.90. The summed E-state index contributed by atoms with van der Waals surface area (Å²) >= 11 is 5.90. The van der Waals surface area contributed by atoms with Crippen LogP contribution in [0.25, 0.3) is 0 Å². The second-order valence-corrected chi connectivity index (χ2v) is 7.37. The Hall–Kier alpha value is -1.22. The summed E-state index contributed by atoms with van der Waals surface area (Å²) in [6.07, 6.45) is 1.92. The molecule has 1 aliphatic heterocycles. The van der Waals surface area contributed by atoms with Gasteiger partial charge in [-0.1, -0.05) is 11.6 Å². The van der Waals surface area contributed by atoms with E-state index in [2.05, 4.69) is 5.32 Å². The summed E-state index contributed by atoms with van der Waals surface area (Å²) in [6, 6.07) is 3.51. The molecule has 1 aromatic rings. The Morgan fingerprint density at radius 3 is 2.81 bits per heavy atom. The minimum Gasteiger partial charge on any atom is -0.313 e. The second-order valence-electron chi connectivity index (χ2n) is 4.95. The molecule has 1 fully saturated rings. The molecule has 0 aromatic heterocycles. The molecular weight excluding hydrogens is 318 g/mol. The van der Waals surface area contributed by atoms with E-state index in [9.17, 15) is 18.5 Å². The van der Waals surface area contributed by atoms with E-state index < -0.39 is 14.9 Å². The zero-order chi connectivity index (χ0) is 15.6. The summed E-state index contributed by atoms with van der Waals surface area (Å²) < 4.78 is 26.2. The first-order valence-electron chi connectivity index (χ1n) is 6.46. The van der Waals surface area contributed by atoms with E-state index in [0.717, 1.165) is 25.5 Å². The summed E-state index contributed by atoms with van der Waals surface area (Å²) in [5.41, 5.74) is -0.301. The minimum absolute atomic E-state index is 0.0215. The van der Waals surface area contributed by atoms with Gasteiger partial charge in [-0.3, -0.25) is 10.1 Å². The maximum absolute atomic E-state index is 12.5. The molecule has 116 valence electrons. The molecule has 1 saturated heterocycles. The van der Waals surface area contributed by atoms with Crippen LogP contribution in [0.4, 0.5) is 5.69 Å². The van der Waals surface area contributed by atoms with Crippen molar-refractivity contribution in [2.24, 2.45) is 0 Å². The van der Waals surface area contributed by atoms with Crippen molar-refractivity contribution in [3.05, 3.63) is 33.3 Å². The molecule has 1 heterocycles. The zero-order valence-electron chi connectivity index (χ0n) is 11.5. The van der Waals surface area contributed by atoms with Gasteiger partial charge in [0.1, 0.15) is 4.90 Å². The van der Waals surface area contributed by atoms with Crippen molar-refractivity contribution in [1.29, 1.82) is 0 Å². The van der Waals surface area contributed by atoms with Crippen LogP contribution in [-0.4, -0.2) is 43.8 Å². The number of nitro groups is 1. The summed E-state index contributed by atoms with van der Waals surface area (Å²) in [6.45, 7) is 1.18. The van der Waals surface area contributed by atoms with Crippen molar-refractivity contribution in [3.8, 4) is 0 Å². The number of nitro benzene ring substituents is 1. The quantitative estimate of drug-likeness (QED) is 0.653. The number of halogens is 1. The van der Waals surface area contributed by atoms with Crippen LogP contribution < -0.4 is 5.32 Å². The maximum Gasteiger partial charge on any atom is 0.270 e. The highest BCUT2D eigenvalue weighted by molar-refractivity contribution is 7.89. The van der Waals surface area contributed by atoms with E-state index in [4.69, 9.17) is 11.6 Å². The summed E-state index contributed by atoms with van der Waals surface area (Å²) in [7, 11) is -2.41. The highest BCUT2D eigenvalue weighted by Gasteiger charge is 2.28. The number of rotatable bonds is 5. The van der Waals surface area contributed by atoms with E-state index in [-0.39, 0.29) is 21.6 Å². The number of likely N-dealkylation sites (N-methyl/N-ethyl adjacent to an activating group) is 1. The molecule has 1 N–H and O–H groups in total. The van der Waals surface area contributed by atoms with Crippen molar-refractivity contribution < 1.29 is 13.3 Å². The lowest BCUT2D eigenvalue weighted by molar-refractivity contribution is -0.385. The Kier molecular flexibility index (Phi) is 4.82. The van der Waals surface area contributed by atoms with Gasteiger partial charge >= 0.3 is 0 Å². The normalized spacial score (nSPS) is 19.1. The molecule has 0 bridgehead atoms. The highest BCUT2D eigenvalue weighted by Crippen LogP contribution is 2.28. The zero-order valence-corrected chi connectivity index (χ0v) is 13.0. The predicted molar refractivity (Wildman–Crippen MR) is 78.9 cm³/mol. The van der Waals surface area contributed by atoms with Crippen LogP contribution in [0.1, 0.15) is 12.8 Å². The standard InChI is InChI=1S/C12H16ClN3O4S/c1-15(8-9-3-2-6-14-9)21(19,20)12-7-10(16(17)18)4-5-11(12)13/h4-5,7,9,14H,2-3,6,8H2,1H3.